The fourth-order valence-corrected chi connectivity index (χ4v) is 3.69. The Balaban J connectivity index is 1.62. The highest BCUT2D eigenvalue weighted by molar-refractivity contribution is 5.84. The van der Waals surface area contributed by atoms with Crippen molar-refractivity contribution >= 4 is 22.9 Å². The van der Waals surface area contributed by atoms with Gasteiger partial charge in [0.1, 0.15) is 5.52 Å². The second-order valence-corrected chi connectivity index (χ2v) is 6.08. The summed E-state index contributed by atoms with van der Waals surface area (Å²) in [6, 6.07) is -0.242. The van der Waals surface area contributed by atoms with Gasteiger partial charge in [-0.1, -0.05) is 0 Å². The molecule has 0 aromatic carbocycles. The van der Waals surface area contributed by atoms with E-state index in [1.165, 1.54) is 6.33 Å². The molecule has 2 aromatic heterocycles. The fourth-order valence-electron chi connectivity index (χ4n) is 3.69. The summed E-state index contributed by atoms with van der Waals surface area (Å²) in [7, 11) is 0. The van der Waals surface area contributed by atoms with Gasteiger partial charge in [0.25, 0.3) is 0 Å². The van der Waals surface area contributed by atoms with Crippen molar-refractivity contribution in [1.29, 1.82) is 0 Å². The van der Waals surface area contributed by atoms with Crippen molar-refractivity contribution in [2.45, 2.75) is 31.1 Å². The Morgan fingerprint density at radius 3 is 2.57 bits per heavy atom. The van der Waals surface area contributed by atoms with E-state index in [1.54, 1.807) is 4.90 Å². The lowest BCUT2D eigenvalue weighted by molar-refractivity contribution is -0.153. The summed E-state index contributed by atoms with van der Waals surface area (Å²) in [4.78, 5) is 19.0. The van der Waals surface area contributed by atoms with E-state index in [2.05, 4.69) is 19.9 Å². The molecule has 7 nitrogen and oxygen atoms in total. The smallest absolute Gasteiger partial charge is 0.368 e. The van der Waals surface area contributed by atoms with Crippen LogP contribution >= 0.6 is 0 Å². The number of nitrogens with zero attached hydrogens (tertiary/aromatic N) is 5. The summed E-state index contributed by atoms with van der Waals surface area (Å²) < 4.78 is 38.2. The van der Waals surface area contributed by atoms with Crippen LogP contribution in [0.15, 0.2) is 6.33 Å². The molecule has 23 heavy (non-hydrogen) atoms. The van der Waals surface area contributed by atoms with E-state index in [0.29, 0.717) is 30.1 Å². The Morgan fingerprint density at radius 2 is 1.91 bits per heavy atom. The molecule has 2 fully saturated rings. The first-order chi connectivity index (χ1) is 10.9. The number of hydrogen-bond acceptors (Lipinski definition) is 6. The molecule has 3 N–H and O–H groups in total. The number of nitrogens with two attached hydrogens (primary N) is 1. The van der Waals surface area contributed by atoms with Crippen molar-refractivity contribution in [3.8, 4) is 0 Å². The van der Waals surface area contributed by atoms with E-state index < -0.39 is 12.7 Å². The maximum Gasteiger partial charge on any atom is 0.401 e. The lowest BCUT2D eigenvalue weighted by Gasteiger charge is -2.41. The van der Waals surface area contributed by atoms with Crippen molar-refractivity contribution in [2.24, 2.45) is 0 Å². The van der Waals surface area contributed by atoms with Crippen LogP contribution in [0.5, 0.6) is 0 Å². The van der Waals surface area contributed by atoms with Crippen LogP contribution in [0.1, 0.15) is 12.8 Å². The molecule has 4 heterocycles. The molecular weight excluding hydrogens is 311 g/mol. The molecule has 10 heteroatoms. The van der Waals surface area contributed by atoms with E-state index in [9.17, 15) is 13.2 Å². The summed E-state index contributed by atoms with van der Waals surface area (Å²) in [6.45, 7) is 0.149. The molecule has 0 spiro atoms. The van der Waals surface area contributed by atoms with Crippen LogP contribution in [0, 0.1) is 0 Å². The number of piperazine rings is 1. The minimum atomic E-state index is -4.17. The Labute approximate surface area is 129 Å². The van der Waals surface area contributed by atoms with Gasteiger partial charge in [-0.15, -0.1) is 0 Å². The van der Waals surface area contributed by atoms with Gasteiger partial charge in [0.2, 0.25) is 5.95 Å². The number of halogens is 3. The number of H-pyrrole nitrogens is 1. The number of anilines is 2. The molecule has 2 bridgehead atoms. The molecule has 0 aliphatic carbocycles. The maximum absolute atomic E-state index is 12.7. The molecule has 2 atom stereocenters. The van der Waals surface area contributed by atoms with Crippen molar-refractivity contribution in [1.82, 2.24) is 24.8 Å². The van der Waals surface area contributed by atoms with Crippen molar-refractivity contribution in [2.75, 3.05) is 30.3 Å². The fraction of sp³-hybridized carbons (Fsp3) is 0.615. The number of nitrogen functional groups attached to an aromatic ring is 1. The number of nitrogens with one attached hydrogen (secondary N) is 1. The second-order valence-electron chi connectivity index (χ2n) is 6.08. The number of aromatic nitrogens is 4. The summed E-state index contributed by atoms with van der Waals surface area (Å²) in [5, 5.41) is 0. The molecule has 4 rings (SSSR count). The van der Waals surface area contributed by atoms with E-state index in [1.807, 2.05) is 4.90 Å². The Morgan fingerprint density at radius 1 is 1.22 bits per heavy atom. The van der Waals surface area contributed by atoms with Gasteiger partial charge >= 0.3 is 6.18 Å². The minimum Gasteiger partial charge on any atom is -0.368 e. The largest absolute Gasteiger partial charge is 0.401 e. The molecule has 2 saturated heterocycles. The third kappa shape index (κ3) is 2.56. The van der Waals surface area contributed by atoms with E-state index in [-0.39, 0.29) is 18.0 Å². The average Bonchev–Trinajstić information content (AvgIpc) is 2.98. The second kappa shape index (κ2) is 4.95. The van der Waals surface area contributed by atoms with E-state index >= 15 is 0 Å². The monoisotopic (exact) mass is 327 g/mol. The summed E-state index contributed by atoms with van der Waals surface area (Å²) in [6.07, 6.45) is -1.12. The van der Waals surface area contributed by atoms with Crippen molar-refractivity contribution in [3.63, 3.8) is 0 Å². The van der Waals surface area contributed by atoms with Gasteiger partial charge in [0, 0.05) is 25.2 Å². The third-order valence-corrected chi connectivity index (χ3v) is 4.58. The molecule has 0 radical (unpaired) electrons. The number of aromatic amines is 1. The molecule has 0 amide bonds. The zero-order valence-corrected chi connectivity index (χ0v) is 12.2. The van der Waals surface area contributed by atoms with Gasteiger partial charge in [-0.2, -0.15) is 23.1 Å². The van der Waals surface area contributed by atoms with Crippen LogP contribution < -0.4 is 10.6 Å². The molecule has 0 saturated carbocycles. The van der Waals surface area contributed by atoms with Crippen LogP contribution in [0.2, 0.25) is 0 Å². The Bertz CT molecular complexity index is 714. The number of fused-ring (bicyclic) bond motifs is 3. The number of rotatable bonds is 2. The van der Waals surface area contributed by atoms with Gasteiger partial charge in [-0.05, 0) is 12.8 Å². The quantitative estimate of drug-likeness (QED) is 0.860. The molecular formula is C13H16F3N7. The normalized spacial score (nSPS) is 25.4. The van der Waals surface area contributed by atoms with Gasteiger partial charge < -0.3 is 15.6 Å². The minimum absolute atomic E-state index is 0.115. The van der Waals surface area contributed by atoms with Crippen LogP contribution in [-0.4, -0.2) is 62.7 Å². The predicted molar refractivity (Wildman–Crippen MR) is 77.9 cm³/mol. The van der Waals surface area contributed by atoms with Crippen LogP contribution in [-0.2, 0) is 0 Å². The third-order valence-electron chi connectivity index (χ3n) is 4.58. The lowest BCUT2D eigenvalue weighted by Crippen LogP contribution is -2.56. The molecule has 124 valence electrons. The lowest BCUT2D eigenvalue weighted by atomic mass is 10.2. The van der Waals surface area contributed by atoms with Gasteiger partial charge in [0.15, 0.2) is 11.5 Å². The van der Waals surface area contributed by atoms with Crippen LogP contribution in [0.4, 0.5) is 24.9 Å². The molecule has 2 aromatic rings. The summed E-state index contributed by atoms with van der Waals surface area (Å²) >= 11 is 0. The van der Waals surface area contributed by atoms with Crippen LogP contribution in [0.3, 0.4) is 0 Å². The van der Waals surface area contributed by atoms with Gasteiger partial charge in [-0.25, -0.2) is 4.98 Å². The first kappa shape index (κ1) is 14.5. The van der Waals surface area contributed by atoms with E-state index in [0.717, 1.165) is 12.8 Å². The topological polar surface area (TPSA) is 87.0 Å². The average molecular weight is 327 g/mol. The molecule has 2 aliphatic rings. The standard InChI is InChI=1S/C13H16F3N7/c14-13(15,16)5-23-7-1-2-8(23)4-22(3-7)11-9-10(19-6-18-9)20-12(17)21-11/h6-8H,1-5H2,(H3,17,18,19,20,21). The predicted octanol–water partition coefficient (Wildman–Crippen LogP) is 1.15. The highest BCUT2D eigenvalue weighted by atomic mass is 19.4. The molecule has 2 aliphatic heterocycles. The van der Waals surface area contributed by atoms with Crippen molar-refractivity contribution in [3.05, 3.63) is 6.33 Å². The Kier molecular flexibility index (Phi) is 3.12. The molecule has 2 unspecified atom stereocenters. The SMILES string of the molecule is Nc1nc(N2CC3CCC(C2)N3CC(F)(F)F)c2[nH]cnc2n1. The van der Waals surface area contributed by atoms with Gasteiger partial charge in [-0.3, -0.25) is 4.90 Å². The number of imidazole rings is 1. The van der Waals surface area contributed by atoms with Crippen LogP contribution in [0.25, 0.3) is 11.2 Å². The zero-order chi connectivity index (χ0) is 16.2. The summed E-state index contributed by atoms with van der Waals surface area (Å²) in [5.41, 5.74) is 6.86. The highest BCUT2D eigenvalue weighted by Crippen LogP contribution is 2.35. The zero-order valence-electron chi connectivity index (χ0n) is 12.2. The maximum atomic E-state index is 12.7. The van der Waals surface area contributed by atoms with Crippen molar-refractivity contribution < 1.29 is 13.2 Å². The van der Waals surface area contributed by atoms with Gasteiger partial charge in [0.05, 0.1) is 12.9 Å². The number of hydrogen-bond donors (Lipinski definition) is 2. The first-order valence-electron chi connectivity index (χ1n) is 7.45. The van der Waals surface area contributed by atoms with E-state index in [4.69, 9.17) is 5.73 Å². The highest BCUT2D eigenvalue weighted by Gasteiger charge is 2.45. The first-order valence-corrected chi connectivity index (χ1v) is 7.45. The number of alkyl halides is 3. The summed E-state index contributed by atoms with van der Waals surface area (Å²) in [5.74, 6) is 0.734. The Hall–Kier alpha value is -2.10.